The van der Waals surface area contributed by atoms with Crippen molar-refractivity contribution in [3.8, 4) is 0 Å². The average Bonchev–Trinajstić information content (AvgIpc) is 2.39. The van der Waals surface area contributed by atoms with Crippen LogP contribution in [0.2, 0.25) is 0 Å². The summed E-state index contributed by atoms with van der Waals surface area (Å²) in [6.45, 7) is 7.03. The molecule has 1 aromatic rings. The van der Waals surface area contributed by atoms with Gasteiger partial charge in [0.05, 0.1) is 6.61 Å². The Morgan fingerprint density at radius 1 is 1.42 bits per heavy atom. The number of Topliss-reactive ketones (excluding diaryl/α,β-unsaturated/α-hetero) is 1. The Balaban J connectivity index is 3.12. The van der Waals surface area contributed by atoms with Gasteiger partial charge in [0.2, 0.25) is 0 Å². The Morgan fingerprint density at radius 3 is 2.53 bits per heavy atom. The lowest BCUT2D eigenvalue weighted by molar-refractivity contribution is -0.159. The number of carbonyl (C=O) groups is 2. The van der Waals surface area contributed by atoms with Crippen LogP contribution in [0.4, 0.5) is 0 Å². The zero-order valence-electron chi connectivity index (χ0n) is 11.4. The number of rotatable bonds is 7. The molecule has 0 aliphatic rings. The van der Waals surface area contributed by atoms with Crippen molar-refractivity contribution in [2.24, 2.45) is 5.41 Å². The molecule has 4 heteroatoms. The highest BCUT2D eigenvalue weighted by Gasteiger charge is 2.43. The van der Waals surface area contributed by atoms with Crippen LogP contribution in [0.1, 0.15) is 25.8 Å². The normalized spacial score (nSPS) is 13.4. The van der Waals surface area contributed by atoms with E-state index in [1.54, 1.807) is 37.5 Å². The number of ether oxygens (including phenoxy) is 1. The van der Waals surface area contributed by atoms with Crippen molar-refractivity contribution in [3.63, 3.8) is 0 Å². The van der Waals surface area contributed by atoms with Gasteiger partial charge in [0.15, 0.2) is 0 Å². The van der Waals surface area contributed by atoms with Gasteiger partial charge >= 0.3 is 5.97 Å². The van der Waals surface area contributed by atoms with E-state index < -0.39 is 11.4 Å². The van der Waals surface area contributed by atoms with Crippen LogP contribution < -0.4 is 0 Å². The first-order chi connectivity index (χ1) is 9.06. The average molecular weight is 261 g/mol. The summed E-state index contributed by atoms with van der Waals surface area (Å²) in [5, 5.41) is 0. The second-order valence-corrected chi connectivity index (χ2v) is 4.38. The van der Waals surface area contributed by atoms with Gasteiger partial charge in [-0.05, 0) is 44.4 Å². The number of esters is 1. The van der Waals surface area contributed by atoms with E-state index in [-0.39, 0.29) is 18.8 Å². The van der Waals surface area contributed by atoms with Crippen molar-refractivity contribution in [2.45, 2.75) is 26.7 Å². The summed E-state index contributed by atoms with van der Waals surface area (Å²) < 4.78 is 5.07. The third-order valence-corrected chi connectivity index (χ3v) is 3.09. The number of carbonyl (C=O) groups excluding carboxylic acids is 2. The predicted molar refractivity (Wildman–Crippen MR) is 72.5 cm³/mol. The van der Waals surface area contributed by atoms with E-state index in [4.69, 9.17) is 4.74 Å². The zero-order valence-corrected chi connectivity index (χ0v) is 11.4. The Hall–Kier alpha value is -1.97. The topological polar surface area (TPSA) is 56.3 Å². The zero-order chi connectivity index (χ0) is 14.3. The SMILES string of the molecule is C=CC[C@@](Cc1ccncc1)(C(C)=O)C(=O)OCC. The van der Waals surface area contributed by atoms with E-state index in [1.807, 2.05) is 0 Å². The molecule has 0 unspecified atom stereocenters. The summed E-state index contributed by atoms with van der Waals surface area (Å²) >= 11 is 0. The summed E-state index contributed by atoms with van der Waals surface area (Å²) in [5.41, 5.74) is -0.306. The summed E-state index contributed by atoms with van der Waals surface area (Å²) in [7, 11) is 0. The molecule has 102 valence electrons. The molecule has 1 rings (SSSR count). The minimum absolute atomic E-state index is 0.206. The summed E-state index contributed by atoms with van der Waals surface area (Å²) in [6, 6.07) is 3.58. The fourth-order valence-electron chi connectivity index (χ4n) is 2.00. The molecule has 0 saturated heterocycles. The van der Waals surface area contributed by atoms with Gasteiger partial charge in [0.1, 0.15) is 11.2 Å². The van der Waals surface area contributed by atoms with Crippen LogP contribution in [0.25, 0.3) is 0 Å². The molecule has 1 heterocycles. The molecule has 0 aliphatic heterocycles. The lowest BCUT2D eigenvalue weighted by atomic mass is 9.75. The third kappa shape index (κ3) is 3.50. The van der Waals surface area contributed by atoms with Gasteiger partial charge < -0.3 is 4.74 Å². The van der Waals surface area contributed by atoms with Crippen molar-refractivity contribution >= 4 is 11.8 Å². The molecule has 1 atom stereocenters. The number of aromatic nitrogens is 1. The molecular formula is C15H19NO3. The van der Waals surface area contributed by atoms with Crippen molar-refractivity contribution in [1.29, 1.82) is 0 Å². The van der Waals surface area contributed by atoms with Crippen LogP contribution in [0, 0.1) is 5.41 Å². The molecular weight excluding hydrogens is 242 g/mol. The van der Waals surface area contributed by atoms with E-state index in [0.29, 0.717) is 6.42 Å². The highest BCUT2D eigenvalue weighted by Crippen LogP contribution is 2.31. The van der Waals surface area contributed by atoms with Gasteiger partial charge in [0, 0.05) is 12.4 Å². The minimum Gasteiger partial charge on any atom is -0.465 e. The lowest BCUT2D eigenvalue weighted by Crippen LogP contribution is -2.41. The van der Waals surface area contributed by atoms with Gasteiger partial charge in [-0.3, -0.25) is 14.6 Å². The van der Waals surface area contributed by atoms with E-state index in [2.05, 4.69) is 11.6 Å². The van der Waals surface area contributed by atoms with Gasteiger partial charge in [-0.1, -0.05) is 6.08 Å². The van der Waals surface area contributed by atoms with Crippen LogP contribution in [0.5, 0.6) is 0 Å². The maximum absolute atomic E-state index is 12.2. The van der Waals surface area contributed by atoms with E-state index in [0.717, 1.165) is 5.56 Å². The Kier molecular flexibility index (Phi) is 5.42. The number of hydrogen-bond donors (Lipinski definition) is 0. The monoisotopic (exact) mass is 261 g/mol. The van der Waals surface area contributed by atoms with Crippen molar-refractivity contribution in [3.05, 3.63) is 42.7 Å². The molecule has 0 aliphatic carbocycles. The van der Waals surface area contributed by atoms with Crippen LogP contribution in [-0.4, -0.2) is 23.3 Å². The largest absolute Gasteiger partial charge is 0.465 e. The first-order valence-electron chi connectivity index (χ1n) is 6.25. The first-order valence-corrected chi connectivity index (χ1v) is 6.25. The molecule has 0 aromatic carbocycles. The quantitative estimate of drug-likeness (QED) is 0.429. The molecule has 0 spiro atoms. The number of ketones is 1. The third-order valence-electron chi connectivity index (χ3n) is 3.09. The van der Waals surface area contributed by atoms with E-state index in [9.17, 15) is 9.59 Å². The molecule has 0 N–H and O–H groups in total. The Morgan fingerprint density at radius 2 is 2.05 bits per heavy atom. The maximum Gasteiger partial charge on any atom is 0.320 e. The molecule has 4 nitrogen and oxygen atoms in total. The molecule has 0 amide bonds. The second-order valence-electron chi connectivity index (χ2n) is 4.38. The molecule has 19 heavy (non-hydrogen) atoms. The molecule has 0 bridgehead atoms. The van der Waals surface area contributed by atoms with Gasteiger partial charge in [-0.2, -0.15) is 0 Å². The molecule has 0 radical (unpaired) electrons. The highest BCUT2D eigenvalue weighted by molar-refractivity contribution is 6.03. The van der Waals surface area contributed by atoms with E-state index in [1.165, 1.54) is 6.92 Å². The number of nitrogens with zero attached hydrogens (tertiary/aromatic N) is 1. The first kappa shape index (κ1) is 15.1. The molecule has 0 fully saturated rings. The van der Waals surface area contributed by atoms with Crippen LogP contribution >= 0.6 is 0 Å². The van der Waals surface area contributed by atoms with Gasteiger partial charge in [0.25, 0.3) is 0 Å². The summed E-state index contributed by atoms with van der Waals surface area (Å²) in [6.07, 6.45) is 5.43. The van der Waals surface area contributed by atoms with E-state index >= 15 is 0 Å². The summed E-state index contributed by atoms with van der Waals surface area (Å²) in [5.74, 6) is -0.693. The van der Waals surface area contributed by atoms with Crippen LogP contribution in [-0.2, 0) is 20.7 Å². The summed E-state index contributed by atoms with van der Waals surface area (Å²) in [4.78, 5) is 28.1. The van der Waals surface area contributed by atoms with Crippen molar-refractivity contribution in [1.82, 2.24) is 4.98 Å². The lowest BCUT2D eigenvalue weighted by Gasteiger charge is -2.27. The number of pyridine rings is 1. The van der Waals surface area contributed by atoms with Gasteiger partial charge in [-0.25, -0.2) is 0 Å². The van der Waals surface area contributed by atoms with Crippen molar-refractivity contribution in [2.75, 3.05) is 6.61 Å². The van der Waals surface area contributed by atoms with Crippen LogP contribution in [0.3, 0.4) is 0 Å². The van der Waals surface area contributed by atoms with Crippen LogP contribution in [0.15, 0.2) is 37.2 Å². The molecule has 0 saturated carbocycles. The maximum atomic E-state index is 12.2. The fourth-order valence-corrected chi connectivity index (χ4v) is 2.00. The molecule has 1 aromatic heterocycles. The minimum atomic E-state index is -1.18. The van der Waals surface area contributed by atoms with Gasteiger partial charge in [-0.15, -0.1) is 6.58 Å². The Labute approximate surface area is 113 Å². The predicted octanol–water partition coefficient (Wildman–Crippen LogP) is 2.34. The highest BCUT2D eigenvalue weighted by atomic mass is 16.5. The van der Waals surface area contributed by atoms with Crippen molar-refractivity contribution < 1.29 is 14.3 Å². The standard InChI is InChI=1S/C15H19NO3/c1-4-8-15(12(3)17,14(18)19-5-2)11-13-6-9-16-10-7-13/h4,6-7,9-10H,1,5,8,11H2,2-3H3/t15-/m1/s1. The number of allylic oxidation sites excluding steroid dienone is 1. The smallest absolute Gasteiger partial charge is 0.320 e. The fraction of sp³-hybridized carbons (Fsp3) is 0.400. The second kappa shape index (κ2) is 6.83. The Bertz CT molecular complexity index is 456. The number of hydrogen-bond acceptors (Lipinski definition) is 4.